The Morgan fingerprint density at radius 1 is 1.47 bits per heavy atom. The van der Waals surface area contributed by atoms with Crippen molar-refractivity contribution in [3.8, 4) is 0 Å². The smallest absolute Gasteiger partial charge is 0.339 e. The molecule has 0 radical (unpaired) electrons. The Bertz CT molecular complexity index is 420. The average Bonchev–Trinajstić information content (AvgIpc) is 2.23. The minimum absolute atomic E-state index is 0.0951. The third-order valence-corrected chi connectivity index (χ3v) is 1.99. The number of carboxylic acids is 1. The summed E-state index contributed by atoms with van der Waals surface area (Å²) in [6.07, 6.45) is 0. The van der Waals surface area contributed by atoms with Crippen LogP contribution in [-0.4, -0.2) is 28.7 Å². The Hall–Kier alpha value is -2.08. The van der Waals surface area contributed by atoms with E-state index in [9.17, 15) is 9.59 Å². The first kappa shape index (κ1) is 13.0. The van der Waals surface area contributed by atoms with E-state index in [0.29, 0.717) is 5.06 Å². The van der Waals surface area contributed by atoms with Crippen LogP contribution in [0.25, 0.3) is 0 Å². The molecule has 0 heterocycles. The molecule has 0 fully saturated rings. The molecule has 0 aliphatic carbocycles. The van der Waals surface area contributed by atoms with Crippen LogP contribution in [0.5, 0.6) is 0 Å². The summed E-state index contributed by atoms with van der Waals surface area (Å²) in [5.41, 5.74) is 6.86. The predicted octanol–water partition coefficient (Wildman–Crippen LogP) is 0.892. The largest absolute Gasteiger partial charge is 0.480 e. The molecule has 0 aromatic heterocycles. The van der Waals surface area contributed by atoms with E-state index >= 15 is 0 Å². The van der Waals surface area contributed by atoms with E-state index in [2.05, 4.69) is 0 Å². The lowest BCUT2D eigenvalue weighted by atomic mass is 10.1. The summed E-state index contributed by atoms with van der Waals surface area (Å²) < 4.78 is 0. The number of carbonyl (C=O) groups excluding carboxylic acids is 1. The molecule has 0 unspecified atom stereocenters. The lowest BCUT2D eigenvalue weighted by Crippen LogP contribution is -2.39. The summed E-state index contributed by atoms with van der Waals surface area (Å²) in [5.74, 6) is -1.19. The highest BCUT2D eigenvalue weighted by molar-refractivity contribution is 5.77. The first-order valence-corrected chi connectivity index (χ1v) is 4.96. The zero-order chi connectivity index (χ0) is 12.8. The highest BCUT2D eigenvalue weighted by atomic mass is 16.7. The number of amides is 2. The maximum Gasteiger partial charge on any atom is 0.339 e. The predicted molar refractivity (Wildman–Crippen MR) is 59.9 cm³/mol. The number of hydrogen-bond donors (Lipinski definition) is 2. The molecule has 92 valence electrons. The van der Waals surface area contributed by atoms with Crippen molar-refractivity contribution >= 4 is 12.0 Å². The van der Waals surface area contributed by atoms with Crippen LogP contribution in [-0.2, 0) is 16.2 Å². The van der Waals surface area contributed by atoms with Crippen LogP contribution in [0, 0.1) is 6.92 Å². The number of rotatable bonds is 5. The van der Waals surface area contributed by atoms with Crippen molar-refractivity contribution in [2.24, 2.45) is 5.73 Å². The van der Waals surface area contributed by atoms with Gasteiger partial charge in [0.1, 0.15) is 13.2 Å². The molecule has 0 aliphatic heterocycles. The fourth-order valence-corrected chi connectivity index (χ4v) is 1.26. The van der Waals surface area contributed by atoms with Crippen LogP contribution >= 0.6 is 0 Å². The molecule has 3 N–H and O–H groups in total. The molecule has 1 aromatic rings. The zero-order valence-electron chi connectivity index (χ0n) is 9.42. The van der Waals surface area contributed by atoms with Gasteiger partial charge in [-0.1, -0.05) is 29.8 Å². The van der Waals surface area contributed by atoms with E-state index in [0.717, 1.165) is 11.1 Å². The number of hydrogen-bond acceptors (Lipinski definition) is 3. The minimum atomic E-state index is -1.19. The molecule has 0 atom stereocenters. The maximum atomic E-state index is 10.9. The molecular formula is C11H14N2O4. The third-order valence-electron chi connectivity index (χ3n) is 1.99. The van der Waals surface area contributed by atoms with Gasteiger partial charge in [-0.2, -0.15) is 5.06 Å². The number of aryl methyl sites for hydroxylation is 1. The van der Waals surface area contributed by atoms with E-state index in [1.165, 1.54) is 0 Å². The van der Waals surface area contributed by atoms with Crippen LogP contribution in [0.1, 0.15) is 11.1 Å². The van der Waals surface area contributed by atoms with Gasteiger partial charge in [0.05, 0.1) is 0 Å². The molecule has 1 aromatic carbocycles. The van der Waals surface area contributed by atoms with E-state index in [-0.39, 0.29) is 6.61 Å². The van der Waals surface area contributed by atoms with Crippen LogP contribution in [0.3, 0.4) is 0 Å². The average molecular weight is 238 g/mol. The highest BCUT2D eigenvalue weighted by Gasteiger charge is 2.14. The van der Waals surface area contributed by atoms with Crippen LogP contribution < -0.4 is 5.73 Å². The monoisotopic (exact) mass is 238 g/mol. The van der Waals surface area contributed by atoms with E-state index < -0.39 is 18.5 Å². The molecule has 0 spiro atoms. The molecule has 0 aliphatic rings. The standard InChI is InChI=1S/C11H14N2O4/c1-8-3-2-4-9(5-8)7-17-13(11(12)16)6-10(14)15/h2-5H,6-7H2,1H3,(H2,12,16)(H,14,15). The van der Waals surface area contributed by atoms with Crippen molar-refractivity contribution in [1.29, 1.82) is 0 Å². The summed E-state index contributed by atoms with van der Waals surface area (Å²) >= 11 is 0. The molecule has 1 rings (SSSR count). The number of hydroxylamine groups is 2. The number of benzene rings is 1. The van der Waals surface area contributed by atoms with Gasteiger partial charge in [0, 0.05) is 0 Å². The number of nitrogens with zero attached hydrogens (tertiary/aromatic N) is 1. The third kappa shape index (κ3) is 4.52. The molecule has 0 saturated carbocycles. The number of aliphatic carboxylic acids is 1. The van der Waals surface area contributed by atoms with Crippen molar-refractivity contribution < 1.29 is 19.5 Å². The fourth-order valence-electron chi connectivity index (χ4n) is 1.26. The molecule has 17 heavy (non-hydrogen) atoms. The van der Waals surface area contributed by atoms with Crippen LogP contribution in [0.4, 0.5) is 4.79 Å². The Labute approximate surface area is 98.5 Å². The van der Waals surface area contributed by atoms with Crippen LogP contribution in [0.15, 0.2) is 24.3 Å². The number of carbonyl (C=O) groups is 2. The van der Waals surface area contributed by atoms with Gasteiger partial charge in [-0.25, -0.2) is 4.79 Å². The van der Waals surface area contributed by atoms with Crippen molar-refractivity contribution in [2.75, 3.05) is 6.54 Å². The SMILES string of the molecule is Cc1cccc(CON(CC(=O)O)C(N)=O)c1. The van der Waals surface area contributed by atoms with E-state index in [1.54, 1.807) is 0 Å². The van der Waals surface area contributed by atoms with Gasteiger partial charge in [-0.3, -0.25) is 9.63 Å². The Morgan fingerprint density at radius 3 is 2.71 bits per heavy atom. The van der Waals surface area contributed by atoms with E-state index in [4.69, 9.17) is 15.7 Å². The van der Waals surface area contributed by atoms with Gasteiger partial charge in [0.25, 0.3) is 0 Å². The summed E-state index contributed by atoms with van der Waals surface area (Å²) in [5, 5.41) is 9.16. The van der Waals surface area contributed by atoms with Gasteiger partial charge in [-0.05, 0) is 12.5 Å². The normalized spacial score (nSPS) is 9.94. The van der Waals surface area contributed by atoms with Crippen molar-refractivity contribution in [2.45, 2.75) is 13.5 Å². The number of urea groups is 1. The van der Waals surface area contributed by atoms with Crippen LogP contribution in [0.2, 0.25) is 0 Å². The lowest BCUT2D eigenvalue weighted by molar-refractivity contribution is -0.159. The summed E-state index contributed by atoms with van der Waals surface area (Å²) in [6, 6.07) is 6.53. The van der Waals surface area contributed by atoms with E-state index in [1.807, 2.05) is 31.2 Å². The quantitative estimate of drug-likeness (QED) is 0.745. The first-order valence-electron chi connectivity index (χ1n) is 4.96. The second-order valence-corrected chi connectivity index (χ2v) is 3.53. The minimum Gasteiger partial charge on any atom is -0.480 e. The Kier molecular flexibility index (Phi) is 4.47. The van der Waals surface area contributed by atoms with Gasteiger partial charge in [0.15, 0.2) is 0 Å². The van der Waals surface area contributed by atoms with Crippen molar-refractivity contribution in [3.05, 3.63) is 35.4 Å². The molecule has 0 saturated heterocycles. The highest BCUT2D eigenvalue weighted by Crippen LogP contribution is 2.06. The molecule has 0 bridgehead atoms. The maximum absolute atomic E-state index is 10.9. The first-order chi connectivity index (χ1) is 7.99. The molecule has 6 nitrogen and oxygen atoms in total. The summed E-state index contributed by atoms with van der Waals surface area (Å²) in [6.45, 7) is 1.44. The van der Waals surface area contributed by atoms with Gasteiger partial charge in [0.2, 0.25) is 0 Å². The summed E-state index contributed by atoms with van der Waals surface area (Å²) in [4.78, 5) is 26.4. The second-order valence-electron chi connectivity index (χ2n) is 3.53. The number of primary amides is 1. The number of carboxylic acid groups (broad SMARTS) is 1. The molecule has 6 heteroatoms. The van der Waals surface area contributed by atoms with Gasteiger partial charge < -0.3 is 10.8 Å². The Morgan fingerprint density at radius 2 is 2.18 bits per heavy atom. The van der Waals surface area contributed by atoms with Gasteiger partial charge >= 0.3 is 12.0 Å². The fraction of sp³-hybridized carbons (Fsp3) is 0.273. The number of nitrogens with two attached hydrogens (primary N) is 1. The zero-order valence-corrected chi connectivity index (χ0v) is 9.42. The Balaban J connectivity index is 2.57. The molecular weight excluding hydrogens is 224 g/mol. The second kappa shape index (κ2) is 5.86. The lowest BCUT2D eigenvalue weighted by Gasteiger charge is -2.17. The topological polar surface area (TPSA) is 92.9 Å². The van der Waals surface area contributed by atoms with Crippen molar-refractivity contribution in [3.63, 3.8) is 0 Å². The van der Waals surface area contributed by atoms with Crippen molar-refractivity contribution in [1.82, 2.24) is 5.06 Å². The van der Waals surface area contributed by atoms with Gasteiger partial charge in [-0.15, -0.1) is 0 Å². The summed E-state index contributed by atoms with van der Waals surface area (Å²) in [7, 11) is 0. The molecule has 2 amide bonds.